The number of halogens is 2. The number of alkyl halides is 1. The van der Waals surface area contributed by atoms with Gasteiger partial charge in [0.05, 0.1) is 0 Å². The standard InChI is InChI=1S/C14H19Br2NO/c1-2-3-11(8-9-15)10-17-14(18)12-4-6-13(16)7-5-12/h4-7,11H,2-3,8-10H2,1H3,(H,17,18). The third kappa shape index (κ3) is 5.53. The van der Waals surface area contributed by atoms with Crippen molar-refractivity contribution in [3.63, 3.8) is 0 Å². The van der Waals surface area contributed by atoms with E-state index in [9.17, 15) is 4.79 Å². The van der Waals surface area contributed by atoms with E-state index in [1.807, 2.05) is 24.3 Å². The molecule has 2 nitrogen and oxygen atoms in total. The maximum Gasteiger partial charge on any atom is 0.251 e. The lowest BCUT2D eigenvalue weighted by atomic mass is 10.0. The number of carbonyl (C=O) groups excluding carboxylic acids is 1. The zero-order valence-electron chi connectivity index (χ0n) is 10.6. The van der Waals surface area contributed by atoms with E-state index in [0.717, 1.165) is 35.6 Å². The molecule has 1 unspecified atom stereocenters. The molecule has 1 atom stereocenters. The molecule has 0 aliphatic carbocycles. The summed E-state index contributed by atoms with van der Waals surface area (Å²) in [5, 5.41) is 4.00. The highest BCUT2D eigenvalue weighted by atomic mass is 79.9. The first-order valence-electron chi connectivity index (χ1n) is 6.27. The number of hydrogen-bond acceptors (Lipinski definition) is 1. The van der Waals surface area contributed by atoms with E-state index in [1.165, 1.54) is 0 Å². The van der Waals surface area contributed by atoms with Gasteiger partial charge in [-0.2, -0.15) is 0 Å². The molecule has 0 radical (unpaired) electrons. The zero-order valence-corrected chi connectivity index (χ0v) is 13.8. The van der Waals surface area contributed by atoms with Crippen LogP contribution in [0.3, 0.4) is 0 Å². The van der Waals surface area contributed by atoms with Crippen molar-refractivity contribution < 1.29 is 4.79 Å². The Morgan fingerprint density at radius 3 is 2.50 bits per heavy atom. The van der Waals surface area contributed by atoms with Crippen molar-refractivity contribution >= 4 is 37.8 Å². The normalized spacial score (nSPS) is 12.2. The minimum absolute atomic E-state index is 0.0122. The van der Waals surface area contributed by atoms with Gasteiger partial charge in [0.15, 0.2) is 0 Å². The Morgan fingerprint density at radius 2 is 1.94 bits per heavy atom. The van der Waals surface area contributed by atoms with Crippen molar-refractivity contribution in [1.29, 1.82) is 0 Å². The molecule has 0 aliphatic rings. The van der Waals surface area contributed by atoms with Gasteiger partial charge in [-0.05, 0) is 43.0 Å². The van der Waals surface area contributed by atoms with Crippen LogP contribution in [0.4, 0.5) is 0 Å². The third-order valence-electron chi connectivity index (χ3n) is 2.87. The van der Waals surface area contributed by atoms with Gasteiger partial charge in [0, 0.05) is 21.9 Å². The van der Waals surface area contributed by atoms with E-state index in [1.54, 1.807) is 0 Å². The van der Waals surface area contributed by atoms with Crippen molar-refractivity contribution in [3.05, 3.63) is 34.3 Å². The second-order valence-electron chi connectivity index (χ2n) is 4.35. The van der Waals surface area contributed by atoms with Crippen LogP contribution in [0.25, 0.3) is 0 Å². The monoisotopic (exact) mass is 375 g/mol. The Hall–Kier alpha value is -0.350. The SMILES string of the molecule is CCCC(CCBr)CNC(=O)c1ccc(Br)cc1. The smallest absolute Gasteiger partial charge is 0.251 e. The first-order chi connectivity index (χ1) is 8.67. The maximum absolute atomic E-state index is 11.9. The first-order valence-corrected chi connectivity index (χ1v) is 8.18. The van der Waals surface area contributed by atoms with Gasteiger partial charge in [0.1, 0.15) is 0 Å². The summed E-state index contributed by atoms with van der Waals surface area (Å²) in [5.41, 5.74) is 0.715. The van der Waals surface area contributed by atoms with Crippen LogP contribution in [0, 0.1) is 5.92 Å². The average Bonchev–Trinajstić information content (AvgIpc) is 2.37. The van der Waals surface area contributed by atoms with E-state index >= 15 is 0 Å². The third-order valence-corrected chi connectivity index (χ3v) is 3.86. The second-order valence-corrected chi connectivity index (χ2v) is 6.06. The van der Waals surface area contributed by atoms with Crippen molar-refractivity contribution in [2.75, 3.05) is 11.9 Å². The van der Waals surface area contributed by atoms with Crippen molar-refractivity contribution in [2.24, 2.45) is 5.92 Å². The molecule has 1 aromatic rings. The van der Waals surface area contributed by atoms with Crippen molar-refractivity contribution in [2.45, 2.75) is 26.2 Å². The number of rotatable bonds is 7. The number of nitrogens with one attached hydrogen (secondary N) is 1. The van der Waals surface area contributed by atoms with E-state index in [0.29, 0.717) is 11.5 Å². The van der Waals surface area contributed by atoms with E-state index in [-0.39, 0.29) is 5.91 Å². The Morgan fingerprint density at radius 1 is 1.28 bits per heavy atom. The lowest BCUT2D eigenvalue weighted by Gasteiger charge is -2.15. The molecule has 18 heavy (non-hydrogen) atoms. The van der Waals surface area contributed by atoms with Crippen LogP contribution < -0.4 is 5.32 Å². The van der Waals surface area contributed by atoms with Gasteiger partial charge in [-0.1, -0.05) is 45.2 Å². The summed E-state index contributed by atoms with van der Waals surface area (Å²) in [6.07, 6.45) is 3.42. The Kier molecular flexibility index (Phi) is 7.59. The average molecular weight is 377 g/mol. The summed E-state index contributed by atoms with van der Waals surface area (Å²) in [7, 11) is 0. The minimum atomic E-state index is 0.0122. The molecule has 0 saturated carbocycles. The molecule has 4 heteroatoms. The molecule has 100 valence electrons. The Balaban J connectivity index is 2.46. The van der Waals surface area contributed by atoms with Gasteiger partial charge < -0.3 is 5.32 Å². The van der Waals surface area contributed by atoms with Crippen LogP contribution in [0.2, 0.25) is 0 Å². The van der Waals surface area contributed by atoms with Crippen LogP contribution >= 0.6 is 31.9 Å². The van der Waals surface area contributed by atoms with Gasteiger partial charge in [-0.3, -0.25) is 4.79 Å². The van der Waals surface area contributed by atoms with Crippen LogP contribution in [-0.4, -0.2) is 17.8 Å². The van der Waals surface area contributed by atoms with Crippen LogP contribution in [0.1, 0.15) is 36.5 Å². The minimum Gasteiger partial charge on any atom is -0.352 e. The quantitative estimate of drug-likeness (QED) is 0.703. The molecule has 1 amide bonds. The number of hydrogen-bond donors (Lipinski definition) is 1. The molecule has 0 bridgehead atoms. The predicted octanol–water partition coefficient (Wildman–Crippen LogP) is 4.38. The van der Waals surface area contributed by atoms with Crippen LogP contribution in [0.5, 0.6) is 0 Å². The van der Waals surface area contributed by atoms with Crippen LogP contribution in [-0.2, 0) is 0 Å². The molecular weight excluding hydrogens is 358 g/mol. The van der Waals surface area contributed by atoms with Crippen LogP contribution in [0.15, 0.2) is 28.7 Å². The van der Waals surface area contributed by atoms with Crippen molar-refractivity contribution in [3.8, 4) is 0 Å². The summed E-state index contributed by atoms with van der Waals surface area (Å²) in [6.45, 7) is 2.94. The van der Waals surface area contributed by atoms with Gasteiger partial charge in [-0.15, -0.1) is 0 Å². The highest BCUT2D eigenvalue weighted by molar-refractivity contribution is 9.10. The summed E-state index contributed by atoms with van der Waals surface area (Å²) < 4.78 is 0.988. The molecule has 0 heterocycles. The summed E-state index contributed by atoms with van der Waals surface area (Å²) in [5.74, 6) is 0.576. The van der Waals surface area contributed by atoms with E-state index < -0.39 is 0 Å². The molecule has 0 spiro atoms. The molecule has 1 N–H and O–H groups in total. The van der Waals surface area contributed by atoms with Crippen molar-refractivity contribution in [1.82, 2.24) is 5.32 Å². The summed E-state index contributed by atoms with van der Waals surface area (Å²) >= 11 is 6.82. The molecule has 0 saturated heterocycles. The highest BCUT2D eigenvalue weighted by Gasteiger charge is 2.10. The topological polar surface area (TPSA) is 29.1 Å². The summed E-state index contributed by atoms with van der Waals surface area (Å²) in [4.78, 5) is 11.9. The number of benzene rings is 1. The molecule has 1 rings (SSSR count). The highest BCUT2D eigenvalue weighted by Crippen LogP contribution is 2.13. The summed E-state index contributed by atoms with van der Waals surface area (Å²) in [6, 6.07) is 7.44. The maximum atomic E-state index is 11.9. The molecule has 0 aromatic heterocycles. The number of carbonyl (C=O) groups is 1. The molecule has 0 fully saturated rings. The molecular formula is C14H19Br2NO. The van der Waals surface area contributed by atoms with Gasteiger partial charge in [-0.25, -0.2) is 0 Å². The van der Waals surface area contributed by atoms with Gasteiger partial charge in [0.2, 0.25) is 0 Å². The molecule has 1 aromatic carbocycles. The van der Waals surface area contributed by atoms with Gasteiger partial charge >= 0.3 is 0 Å². The molecule has 0 aliphatic heterocycles. The number of amides is 1. The first kappa shape index (κ1) is 15.7. The Labute approximate surface area is 126 Å². The predicted molar refractivity (Wildman–Crippen MR) is 83.3 cm³/mol. The fourth-order valence-corrected chi connectivity index (χ4v) is 2.76. The Bertz CT molecular complexity index is 359. The van der Waals surface area contributed by atoms with E-state index in [2.05, 4.69) is 44.1 Å². The largest absolute Gasteiger partial charge is 0.352 e. The lowest BCUT2D eigenvalue weighted by Crippen LogP contribution is -2.29. The fraction of sp³-hybridized carbons (Fsp3) is 0.500. The fourth-order valence-electron chi connectivity index (χ4n) is 1.85. The lowest BCUT2D eigenvalue weighted by molar-refractivity contribution is 0.0946. The van der Waals surface area contributed by atoms with Gasteiger partial charge in [0.25, 0.3) is 5.91 Å². The zero-order chi connectivity index (χ0) is 13.4. The van der Waals surface area contributed by atoms with E-state index in [4.69, 9.17) is 0 Å². The second kappa shape index (κ2) is 8.70.